The van der Waals surface area contributed by atoms with Gasteiger partial charge in [0, 0.05) is 24.6 Å². The van der Waals surface area contributed by atoms with E-state index in [-0.39, 0.29) is 17.5 Å². The lowest BCUT2D eigenvalue weighted by Gasteiger charge is -2.15. The highest BCUT2D eigenvalue weighted by atomic mass is 19.1. The number of rotatable bonds is 3. The summed E-state index contributed by atoms with van der Waals surface area (Å²) in [7, 11) is 0. The largest absolute Gasteiger partial charge is 0.309 e. The van der Waals surface area contributed by atoms with Gasteiger partial charge in [-0.15, -0.1) is 0 Å². The molecule has 1 aromatic heterocycles. The predicted octanol–water partition coefficient (Wildman–Crippen LogP) is 2.39. The third-order valence-corrected chi connectivity index (χ3v) is 4.14. The summed E-state index contributed by atoms with van der Waals surface area (Å²) in [6, 6.07) is 6.33. The zero-order chi connectivity index (χ0) is 14.4. The van der Waals surface area contributed by atoms with E-state index in [4.69, 9.17) is 0 Å². The first-order valence-corrected chi connectivity index (χ1v) is 7.34. The average molecular weight is 285 g/mol. The van der Waals surface area contributed by atoms with Gasteiger partial charge in [-0.25, -0.2) is 4.39 Å². The Morgan fingerprint density at radius 2 is 2.24 bits per heavy atom. The molecule has 2 aromatic rings. The summed E-state index contributed by atoms with van der Waals surface area (Å²) in [4.78, 5) is 12.6. The van der Waals surface area contributed by atoms with Gasteiger partial charge in [0.05, 0.1) is 17.8 Å². The quantitative estimate of drug-likeness (QED) is 0.881. The Labute approximate surface area is 122 Å². The molecule has 1 saturated carbocycles. The first kappa shape index (κ1) is 12.7. The minimum Gasteiger partial charge on any atom is -0.309 e. The Morgan fingerprint density at radius 1 is 1.38 bits per heavy atom. The normalized spacial score (nSPS) is 17.6. The summed E-state index contributed by atoms with van der Waals surface area (Å²) in [5.41, 5.74) is 2.94. The minimum absolute atomic E-state index is 0.133. The number of carbonyl (C=O) groups is 1. The lowest BCUT2D eigenvalue weighted by molar-refractivity contribution is 0.0966. The second-order valence-corrected chi connectivity index (χ2v) is 5.72. The van der Waals surface area contributed by atoms with E-state index in [9.17, 15) is 9.18 Å². The Hall–Kier alpha value is -2.01. The lowest BCUT2D eigenvalue weighted by atomic mass is 9.99. The number of Topliss-reactive ketones (excluding diaryl/α,β-unsaturated/α-hetero) is 1. The van der Waals surface area contributed by atoms with Crippen molar-refractivity contribution in [3.63, 3.8) is 0 Å². The second-order valence-electron chi connectivity index (χ2n) is 5.72. The van der Waals surface area contributed by atoms with Crippen molar-refractivity contribution in [3.05, 3.63) is 41.3 Å². The molecule has 1 aliphatic heterocycles. The third kappa shape index (κ3) is 2.17. The summed E-state index contributed by atoms with van der Waals surface area (Å²) in [6.45, 7) is 2.24. The Balaban J connectivity index is 1.89. The molecule has 108 valence electrons. The van der Waals surface area contributed by atoms with Gasteiger partial charge >= 0.3 is 0 Å². The molecule has 0 spiro atoms. The van der Waals surface area contributed by atoms with Crippen LogP contribution >= 0.6 is 0 Å². The van der Waals surface area contributed by atoms with E-state index < -0.39 is 0 Å². The van der Waals surface area contributed by atoms with Crippen molar-refractivity contribution < 1.29 is 9.18 Å². The molecule has 5 heteroatoms. The number of carbonyl (C=O) groups excluding carboxylic acids is 1. The van der Waals surface area contributed by atoms with Crippen molar-refractivity contribution >= 4 is 5.78 Å². The van der Waals surface area contributed by atoms with Crippen LogP contribution in [0, 0.1) is 11.7 Å². The van der Waals surface area contributed by atoms with Crippen molar-refractivity contribution in [3.8, 4) is 11.3 Å². The Morgan fingerprint density at radius 3 is 3.00 bits per heavy atom. The van der Waals surface area contributed by atoms with Crippen molar-refractivity contribution in [1.82, 2.24) is 15.1 Å². The van der Waals surface area contributed by atoms with Crippen molar-refractivity contribution in [1.29, 1.82) is 0 Å². The predicted molar refractivity (Wildman–Crippen MR) is 76.4 cm³/mol. The Kier molecular flexibility index (Phi) is 2.89. The van der Waals surface area contributed by atoms with Gasteiger partial charge in [-0.1, -0.05) is 12.1 Å². The van der Waals surface area contributed by atoms with Crippen LogP contribution in [0.5, 0.6) is 0 Å². The van der Waals surface area contributed by atoms with Gasteiger partial charge < -0.3 is 5.32 Å². The number of halogens is 1. The molecule has 1 aromatic carbocycles. The maximum Gasteiger partial charge on any atom is 0.170 e. The highest BCUT2D eigenvalue weighted by molar-refractivity contribution is 6.05. The van der Waals surface area contributed by atoms with Gasteiger partial charge in [-0.05, 0) is 25.0 Å². The second kappa shape index (κ2) is 4.77. The Bertz CT molecular complexity index is 718. The monoisotopic (exact) mass is 285 g/mol. The van der Waals surface area contributed by atoms with E-state index in [1.54, 1.807) is 6.07 Å². The van der Waals surface area contributed by atoms with Crippen molar-refractivity contribution in [2.24, 2.45) is 5.92 Å². The maximum atomic E-state index is 13.5. The SMILES string of the molecule is O=C(c1c(-c2cccc(F)c2)nn2c1CNCC2)C1CC1. The zero-order valence-electron chi connectivity index (χ0n) is 11.6. The van der Waals surface area contributed by atoms with Gasteiger partial charge in [0.15, 0.2) is 5.78 Å². The van der Waals surface area contributed by atoms with Crippen LogP contribution in [0.1, 0.15) is 28.9 Å². The van der Waals surface area contributed by atoms with E-state index >= 15 is 0 Å². The third-order valence-electron chi connectivity index (χ3n) is 4.14. The van der Waals surface area contributed by atoms with Crippen molar-refractivity contribution in [2.75, 3.05) is 6.54 Å². The molecule has 1 aliphatic carbocycles. The molecule has 2 heterocycles. The molecule has 1 N–H and O–H groups in total. The van der Waals surface area contributed by atoms with Crippen LogP contribution in [-0.4, -0.2) is 22.1 Å². The molecular formula is C16H16FN3O. The van der Waals surface area contributed by atoms with Gasteiger partial charge in [0.1, 0.15) is 11.5 Å². The minimum atomic E-state index is -0.304. The molecule has 0 bridgehead atoms. The zero-order valence-corrected chi connectivity index (χ0v) is 11.6. The van der Waals surface area contributed by atoms with Crippen LogP contribution in [0.2, 0.25) is 0 Å². The van der Waals surface area contributed by atoms with Gasteiger partial charge in [-0.3, -0.25) is 9.48 Å². The summed E-state index contributed by atoms with van der Waals surface area (Å²) >= 11 is 0. The van der Waals surface area contributed by atoms with E-state index in [2.05, 4.69) is 10.4 Å². The molecule has 4 rings (SSSR count). The maximum absolute atomic E-state index is 13.5. The summed E-state index contributed by atoms with van der Waals surface area (Å²) < 4.78 is 15.4. The molecule has 0 amide bonds. The molecule has 0 radical (unpaired) electrons. The van der Waals surface area contributed by atoms with Crippen molar-refractivity contribution in [2.45, 2.75) is 25.9 Å². The van der Waals surface area contributed by atoms with Crippen LogP contribution in [0.15, 0.2) is 24.3 Å². The fourth-order valence-corrected chi connectivity index (χ4v) is 2.90. The van der Waals surface area contributed by atoms with Gasteiger partial charge in [-0.2, -0.15) is 5.10 Å². The van der Waals surface area contributed by atoms with E-state index in [1.807, 2.05) is 10.7 Å². The topological polar surface area (TPSA) is 46.9 Å². The highest BCUT2D eigenvalue weighted by Crippen LogP contribution is 2.37. The number of nitrogens with zero attached hydrogens (tertiary/aromatic N) is 2. The molecule has 1 fully saturated rings. The van der Waals surface area contributed by atoms with Gasteiger partial charge in [0.25, 0.3) is 0 Å². The molecule has 0 saturated heterocycles. The smallest absolute Gasteiger partial charge is 0.170 e. The van der Waals surface area contributed by atoms with E-state index in [0.29, 0.717) is 23.4 Å². The van der Waals surface area contributed by atoms with E-state index in [1.165, 1.54) is 12.1 Å². The number of fused-ring (bicyclic) bond motifs is 1. The summed E-state index contributed by atoms with van der Waals surface area (Å²) in [5.74, 6) is -0.00577. The lowest BCUT2D eigenvalue weighted by Crippen LogP contribution is -2.29. The number of hydrogen-bond donors (Lipinski definition) is 1. The van der Waals surface area contributed by atoms with E-state index in [0.717, 1.165) is 31.6 Å². The molecule has 21 heavy (non-hydrogen) atoms. The van der Waals surface area contributed by atoms with Crippen LogP contribution in [0.4, 0.5) is 4.39 Å². The number of ketones is 1. The summed E-state index contributed by atoms with van der Waals surface area (Å²) in [6.07, 6.45) is 1.92. The molecule has 0 unspecified atom stereocenters. The van der Waals surface area contributed by atoms with Crippen LogP contribution < -0.4 is 5.32 Å². The number of nitrogens with one attached hydrogen (secondary N) is 1. The standard InChI is InChI=1S/C16H16FN3O/c17-12-3-1-2-11(8-12)15-14(16(21)10-4-5-10)13-9-18-6-7-20(13)19-15/h1-3,8,10,18H,4-7,9H2. The number of benzene rings is 1. The highest BCUT2D eigenvalue weighted by Gasteiger charge is 2.36. The molecule has 4 nitrogen and oxygen atoms in total. The fourth-order valence-electron chi connectivity index (χ4n) is 2.90. The van der Waals surface area contributed by atoms with Crippen LogP contribution in [0.3, 0.4) is 0 Å². The first-order chi connectivity index (χ1) is 10.2. The molecular weight excluding hydrogens is 269 g/mol. The summed E-state index contributed by atoms with van der Waals surface area (Å²) in [5, 5.41) is 7.87. The van der Waals surface area contributed by atoms with Crippen LogP contribution in [0.25, 0.3) is 11.3 Å². The first-order valence-electron chi connectivity index (χ1n) is 7.34. The molecule has 0 atom stereocenters. The average Bonchev–Trinajstić information content (AvgIpc) is 3.26. The van der Waals surface area contributed by atoms with Crippen LogP contribution in [-0.2, 0) is 13.1 Å². The number of hydrogen-bond acceptors (Lipinski definition) is 3. The van der Waals surface area contributed by atoms with Gasteiger partial charge in [0.2, 0.25) is 0 Å². The number of aromatic nitrogens is 2. The molecule has 2 aliphatic rings. The fraction of sp³-hybridized carbons (Fsp3) is 0.375.